The Morgan fingerprint density at radius 2 is 1.02 bits per heavy atom. The molecule has 2 amide bonds. The van der Waals surface area contributed by atoms with Crippen molar-refractivity contribution in [2.45, 2.75) is 25.2 Å². The van der Waals surface area contributed by atoms with Gasteiger partial charge in [-0.05, 0) is 26.0 Å². The van der Waals surface area contributed by atoms with E-state index in [0.29, 0.717) is 11.4 Å². The Hall–Kier alpha value is -3.38. The predicted octanol–water partition coefficient (Wildman–Crippen LogP) is 0.651. The van der Waals surface area contributed by atoms with E-state index in [1.165, 1.54) is 12.1 Å². The number of nitrogens with one attached hydrogen (secondary N) is 4. The first kappa shape index (κ1) is 31.2. The molecule has 40 heavy (non-hydrogen) atoms. The maximum atomic E-state index is 13.4. The van der Waals surface area contributed by atoms with Crippen LogP contribution in [0.1, 0.15) is 45.7 Å². The van der Waals surface area contributed by atoms with Crippen LogP contribution < -0.4 is 21.3 Å². The van der Waals surface area contributed by atoms with Gasteiger partial charge in [-0.2, -0.15) is 0 Å². The van der Waals surface area contributed by atoms with E-state index in [9.17, 15) is 28.3 Å². The van der Waals surface area contributed by atoms with Gasteiger partial charge in [0.05, 0.1) is 11.1 Å². The molecule has 0 bridgehead atoms. The number of benzene rings is 2. The molecular weight excluding hydrogens is 566 g/mol. The molecule has 14 nitrogen and oxygen atoms in total. The van der Waals surface area contributed by atoms with Crippen molar-refractivity contribution >= 4 is 49.9 Å². The Balaban J connectivity index is 1.78. The van der Waals surface area contributed by atoms with Gasteiger partial charge >= 0.3 is 15.2 Å². The van der Waals surface area contributed by atoms with E-state index >= 15 is 0 Å². The van der Waals surface area contributed by atoms with E-state index in [4.69, 9.17) is 19.6 Å². The minimum atomic E-state index is -4.60. The summed E-state index contributed by atoms with van der Waals surface area (Å²) >= 11 is 0. The Morgan fingerprint density at radius 3 is 1.35 bits per heavy atom. The molecule has 8 N–H and O–H groups in total. The average Bonchev–Trinajstić information content (AvgIpc) is 2.89. The molecule has 0 radical (unpaired) electrons. The van der Waals surface area contributed by atoms with Gasteiger partial charge in [0.2, 0.25) is 11.8 Å². The van der Waals surface area contributed by atoms with Crippen LogP contribution in [0.4, 0.5) is 11.4 Å². The van der Waals surface area contributed by atoms with Gasteiger partial charge in [0.1, 0.15) is 11.3 Å². The lowest BCUT2D eigenvalue weighted by molar-refractivity contribution is -0.121. The second-order valence-corrected chi connectivity index (χ2v) is 13.0. The zero-order chi connectivity index (χ0) is 29.8. The third-order valence-corrected chi connectivity index (χ3v) is 8.81. The van der Waals surface area contributed by atoms with Crippen LogP contribution in [0.2, 0.25) is 0 Å². The third-order valence-electron chi connectivity index (χ3n) is 6.32. The molecule has 2 aromatic rings. The third kappa shape index (κ3) is 7.03. The summed E-state index contributed by atoms with van der Waals surface area (Å²) in [5.74, 6) is -2.50. The van der Waals surface area contributed by atoms with E-state index in [1.807, 2.05) is 0 Å². The summed E-state index contributed by atoms with van der Waals surface area (Å²) in [5, 5.41) is 10.8. The monoisotopic (exact) mass is 596 g/mol. The molecule has 0 fully saturated rings. The molecule has 0 heterocycles. The molecule has 1 aliphatic rings. The summed E-state index contributed by atoms with van der Waals surface area (Å²) in [7, 11) is -9.19. The second kappa shape index (κ2) is 12.4. The Labute approximate surface area is 229 Å². The van der Waals surface area contributed by atoms with E-state index in [-0.39, 0.29) is 48.4 Å². The van der Waals surface area contributed by atoms with Gasteiger partial charge in [0, 0.05) is 48.7 Å². The maximum absolute atomic E-state index is 13.4. The van der Waals surface area contributed by atoms with E-state index in [1.54, 1.807) is 24.3 Å². The zero-order valence-electron chi connectivity index (χ0n) is 21.6. The fourth-order valence-corrected chi connectivity index (χ4v) is 4.68. The van der Waals surface area contributed by atoms with Crippen LogP contribution in [0.25, 0.3) is 0 Å². The normalized spacial score (nSPS) is 14.4. The summed E-state index contributed by atoms with van der Waals surface area (Å²) in [6.07, 6.45) is 0. The fraction of sp³-hybridized carbons (Fsp3) is 0.333. The van der Waals surface area contributed by atoms with Gasteiger partial charge in [0.25, 0.3) is 0 Å². The summed E-state index contributed by atoms with van der Waals surface area (Å²) in [5.41, 5.74) is -1.85. The molecular formula is C24H30N4O10P2. The van der Waals surface area contributed by atoms with Gasteiger partial charge in [-0.3, -0.25) is 28.3 Å². The summed E-state index contributed by atoms with van der Waals surface area (Å²) in [6, 6.07) is 9.42. The number of amides is 2. The molecule has 0 aromatic heterocycles. The molecule has 2 aromatic carbocycles. The SMILES string of the molecule is CC(C(=O)NCCNc1ccc(NCCNC(=O)C(C)P(=O)(O)O)c2c1C(=O)c1ccccc1C2=O)P(=O)(O)O. The van der Waals surface area contributed by atoms with Crippen molar-refractivity contribution in [3.63, 3.8) is 0 Å². The lowest BCUT2D eigenvalue weighted by Crippen LogP contribution is -2.36. The van der Waals surface area contributed by atoms with Crippen molar-refractivity contribution in [1.82, 2.24) is 10.6 Å². The molecule has 16 heteroatoms. The molecule has 2 atom stereocenters. The van der Waals surface area contributed by atoms with Gasteiger partial charge in [-0.25, -0.2) is 0 Å². The van der Waals surface area contributed by atoms with Crippen LogP contribution in [-0.2, 0) is 18.7 Å². The van der Waals surface area contributed by atoms with Crippen molar-refractivity contribution in [3.8, 4) is 0 Å². The van der Waals surface area contributed by atoms with Crippen LogP contribution in [-0.4, -0.2) is 80.5 Å². The second-order valence-electron chi connectivity index (χ2n) is 9.08. The standard InChI is InChI=1S/C24H30N4O10P2/c1-13(39(33,34)35)23(31)27-11-9-25-17-7-8-18(26-10-12-28-24(32)14(2)40(36,37)38)20-19(17)21(29)15-5-3-4-6-16(15)22(20)30/h3-8,13-14,25-26H,9-12H2,1-2H3,(H,27,31)(H,28,32)(H2,33,34,35)(H2,36,37,38). The van der Waals surface area contributed by atoms with E-state index in [0.717, 1.165) is 13.8 Å². The zero-order valence-corrected chi connectivity index (χ0v) is 23.4. The van der Waals surface area contributed by atoms with Gasteiger partial charge in [-0.15, -0.1) is 0 Å². The Bertz CT molecular complexity index is 1330. The molecule has 1 aliphatic carbocycles. The smallest absolute Gasteiger partial charge is 0.337 e. The summed E-state index contributed by atoms with van der Waals surface area (Å²) in [4.78, 5) is 87.4. The largest absolute Gasteiger partial charge is 0.383 e. The van der Waals surface area contributed by atoms with Crippen LogP contribution in [0.15, 0.2) is 36.4 Å². The highest BCUT2D eigenvalue weighted by Gasteiger charge is 2.34. The number of anilines is 2. The van der Waals surface area contributed by atoms with Crippen molar-refractivity contribution < 1.29 is 47.9 Å². The molecule has 0 saturated carbocycles. The number of fused-ring (bicyclic) bond motifs is 2. The number of carbonyl (C=O) groups excluding carboxylic acids is 4. The van der Waals surface area contributed by atoms with Crippen molar-refractivity contribution in [2.75, 3.05) is 36.8 Å². The van der Waals surface area contributed by atoms with Crippen molar-refractivity contribution in [2.24, 2.45) is 0 Å². The van der Waals surface area contributed by atoms with Crippen molar-refractivity contribution in [3.05, 3.63) is 58.7 Å². The lowest BCUT2D eigenvalue weighted by atomic mass is 9.82. The molecule has 2 unspecified atom stereocenters. The minimum Gasteiger partial charge on any atom is -0.383 e. The molecule has 0 spiro atoms. The molecule has 3 rings (SSSR count). The predicted molar refractivity (Wildman–Crippen MR) is 146 cm³/mol. The van der Waals surface area contributed by atoms with E-state index < -0.39 is 49.9 Å². The lowest BCUT2D eigenvalue weighted by Gasteiger charge is -2.24. The number of ketones is 2. The summed E-state index contributed by atoms with van der Waals surface area (Å²) < 4.78 is 22.5. The van der Waals surface area contributed by atoms with Crippen LogP contribution >= 0.6 is 15.2 Å². The number of hydrogen-bond donors (Lipinski definition) is 8. The Kier molecular flexibility index (Phi) is 9.68. The quantitative estimate of drug-likeness (QED) is 0.106. The van der Waals surface area contributed by atoms with Gasteiger partial charge in [0.15, 0.2) is 11.6 Å². The number of rotatable bonds is 12. The highest BCUT2D eigenvalue weighted by molar-refractivity contribution is 7.54. The first-order valence-electron chi connectivity index (χ1n) is 12.1. The van der Waals surface area contributed by atoms with Gasteiger partial charge < -0.3 is 40.8 Å². The number of hydrogen-bond acceptors (Lipinski definition) is 8. The number of carbonyl (C=O) groups is 4. The van der Waals surface area contributed by atoms with Crippen molar-refractivity contribution in [1.29, 1.82) is 0 Å². The van der Waals surface area contributed by atoms with Gasteiger partial charge in [-0.1, -0.05) is 24.3 Å². The average molecular weight is 596 g/mol. The molecule has 0 saturated heterocycles. The minimum absolute atomic E-state index is 0.0244. The van der Waals surface area contributed by atoms with Crippen LogP contribution in [0.5, 0.6) is 0 Å². The van der Waals surface area contributed by atoms with E-state index in [2.05, 4.69) is 21.3 Å². The highest BCUT2D eigenvalue weighted by atomic mass is 31.2. The highest BCUT2D eigenvalue weighted by Crippen LogP contribution is 2.41. The van der Waals surface area contributed by atoms with Crippen LogP contribution in [0, 0.1) is 0 Å². The molecule has 0 aliphatic heterocycles. The molecule has 216 valence electrons. The first-order valence-corrected chi connectivity index (χ1v) is 15.5. The first-order chi connectivity index (χ1) is 18.6. The summed E-state index contributed by atoms with van der Waals surface area (Å²) in [6.45, 7) is 2.32. The maximum Gasteiger partial charge on any atom is 0.337 e. The Morgan fingerprint density at radius 1 is 0.675 bits per heavy atom. The fourth-order valence-electron chi connectivity index (χ4n) is 3.88. The topological polar surface area (TPSA) is 231 Å². The van der Waals surface area contributed by atoms with Crippen LogP contribution in [0.3, 0.4) is 0 Å².